The van der Waals surface area contributed by atoms with Gasteiger partial charge in [-0.2, -0.15) is 0 Å². The summed E-state index contributed by atoms with van der Waals surface area (Å²) in [4.78, 5) is 0. The molecule has 1 nitrogen and oxygen atoms in total. The molecule has 1 aromatic carbocycles. The summed E-state index contributed by atoms with van der Waals surface area (Å²) in [5.74, 6) is 1.10. The average molecular weight is 298 g/mol. The normalized spacial score (nSPS) is 23.2. The van der Waals surface area contributed by atoms with Crippen molar-refractivity contribution in [2.45, 2.75) is 52.0 Å². The molecule has 1 fully saturated rings. The van der Waals surface area contributed by atoms with E-state index in [4.69, 9.17) is 11.6 Å². The summed E-state index contributed by atoms with van der Waals surface area (Å²) >= 11 is 5.82. The summed E-state index contributed by atoms with van der Waals surface area (Å²) in [7, 11) is 0. The molecule has 1 N–H and O–H groups in total. The quantitative estimate of drug-likeness (QED) is 0.821. The van der Waals surface area contributed by atoms with Crippen LogP contribution >= 0.6 is 11.6 Å². The third-order valence-corrected chi connectivity index (χ3v) is 4.59. The van der Waals surface area contributed by atoms with Gasteiger partial charge in [-0.1, -0.05) is 44.4 Å². The standard InChI is InChI=1S/C17H25ClFN/c1-12(2)20-11-15-6-4-3-5-13(15)9-14-7-8-16(18)10-17(14)19/h7-8,10,12-13,15,20H,3-6,9,11H2,1-2H3. The maximum Gasteiger partial charge on any atom is 0.127 e. The lowest BCUT2D eigenvalue weighted by Crippen LogP contribution is -2.35. The molecule has 0 amide bonds. The van der Waals surface area contributed by atoms with Crippen LogP contribution in [0.2, 0.25) is 5.02 Å². The van der Waals surface area contributed by atoms with Crippen LogP contribution in [0.4, 0.5) is 4.39 Å². The van der Waals surface area contributed by atoms with E-state index in [0.717, 1.165) is 18.5 Å². The number of halogens is 2. The number of hydrogen-bond donors (Lipinski definition) is 1. The maximum absolute atomic E-state index is 13.9. The molecule has 1 saturated carbocycles. The van der Waals surface area contributed by atoms with Gasteiger partial charge in [-0.25, -0.2) is 4.39 Å². The van der Waals surface area contributed by atoms with Crippen LogP contribution in [0.15, 0.2) is 18.2 Å². The molecule has 0 heterocycles. The molecule has 0 saturated heterocycles. The molecule has 2 unspecified atom stereocenters. The van der Waals surface area contributed by atoms with Crippen LogP contribution < -0.4 is 5.32 Å². The molecule has 3 heteroatoms. The Morgan fingerprint density at radius 1 is 1.25 bits per heavy atom. The van der Waals surface area contributed by atoms with E-state index in [0.29, 0.717) is 22.9 Å². The summed E-state index contributed by atoms with van der Waals surface area (Å²) in [6.45, 7) is 5.41. The first kappa shape index (κ1) is 15.8. The number of rotatable bonds is 5. The highest BCUT2D eigenvalue weighted by molar-refractivity contribution is 6.30. The first-order chi connectivity index (χ1) is 9.56. The third kappa shape index (κ3) is 4.46. The lowest BCUT2D eigenvalue weighted by atomic mass is 9.76. The molecule has 1 aliphatic rings. The van der Waals surface area contributed by atoms with Gasteiger partial charge in [0.25, 0.3) is 0 Å². The molecular formula is C17H25ClFN. The molecular weight excluding hydrogens is 273 g/mol. The monoisotopic (exact) mass is 297 g/mol. The third-order valence-electron chi connectivity index (χ3n) is 4.35. The molecule has 1 aliphatic carbocycles. The lowest BCUT2D eigenvalue weighted by molar-refractivity contribution is 0.223. The van der Waals surface area contributed by atoms with Gasteiger partial charge in [0, 0.05) is 11.1 Å². The summed E-state index contributed by atoms with van der Waals surface area (Å²) in [6, 6.07) is 5.59. The minimum Gasteiger partial charge on any atom is -0.314 e. The van der Waals surface area contributed by atoms with Gasteiger partial charge in [0.2, 0.25) is 0 Å². The SMILES string of the molecule is CC(C)NCC1CCCCC1Cc1ccc(Cl)cc1F. The molecule has 112 valence electrons. The van der Waals surface area contributed by atoms with Crippen molar-refractivity contribution >= 4 is 11.6 Å². The molecule has 0 bridgehead atoms. The van der Waals surface area contributed by atoms with Crippen LogP contribution in [0.1, 0.15) is 45.1 Å². The van der Waals surface area contributed by atoms with Crippen molar-refractivity contribution in [2.75, 3.05) is 6.54 Å². The fourth-order valence-corrected chi connectivity index (χ4v) is 3.34. The highest BCUT2D eigenvalue weighted by Crippen LogP contribution is 2.33. The van der Waals surface area contributed by atoms with Crippen molar-refractivity contribution in [1.29, 1.82) is 0 Å². The predicted molar refractivity (Wildman–Crippen MR) is 83.7 cm³/mol. The molecule has 0 aliphatic heterocycles. The van der Waals surface area contributed by atoms with Gasteiger partial charge in [0.1, 0.15) is 5.82 Å². The van der Waals surface area contributed by atoms with Crippen molar-refractivity contribution in [3.8, 4) is 0 Å². The van der Waals surface area contributed by atoms with Crippen LogP contribution in [0.5, 0.6) is 0 Å². The second kappa shape index (κ2) is 7.42. The summed E-state index contributed by atoms with van der Waals surface area (Å²) < 4.78 is 13.9. The van der Waals surface area contributed by atoms with Crippen molar-refractivity contribution in [3.63, 3.8) is 0 Å². The van der Waals surface area contributed by atoms with Crippen molar-refractivity contribution in [1.82, 2.24) is 5.32 Å². The van der Waals surface area contributed by atoms with Gasteiger partial charge in [-0.3, -0.25) is 0 Å². The molecule has 0 radical (unpaired) electrons. The van der Waals surface area contributed by atoms with E-state index < -0.39 is 0 Å². The van der Waals surface area contributed by atoms with Gasteiger partial charge in [-0.15, -0.1) is 0 Å². The van der Waals surface area contributed by atoms with Crippen LogP contribution in [-0.4, -0.2) is 12.6 Å². The molecule has 2 rings (SSSR count). The zero-order chi connectivity index (χ0) is 14.5. The summed E-state index contributed by atoms with van der Waals surface area (Å²) in [6.07, 6.45) is 5.90. The van der Waals surface area contributed by atoms with Crippen LogP contribution in [0, 0.1) is 17.7 Å². The topological polar surface area (TPSA) is 12.0 Å². The van der Waals surface area contributed by atoms with Crippen LogP contribution in [0.3, 0.4) is 0 Å². The first-order valence-corrected chi connectivity index (χ1v) is 8.11. The van der Waals surface area contributed by atoms with E-state index in [1.165, 1.54) is 31.7 Å². The van der Waals surface area contributed by atoms with E-state index in [9.17, 15) is 4.39 Å². The van der Waals surface area contributed by atoms with Gasteiger partial charge >= 0.3 is 0 Å². The highest BCUT2D eigenvalue weighted by Gasteiger charge is 2.26. The molecule has 1 aromatic rings. The number of nitrogens with one attached hydrogen (secondary N) is 1. The molecule has 0 aromatic heterocycles. The van der Waals surface area contributed by atoms with Crippen molar-refractivity contribution in [2.24, 2.45) is 11.8 Å². The lowest BCUT2D eigenvalue weighted by Gasteiger charge is -2.32. The second-order valence-electron chi connectivity index (χ2n) is 6.31. The van der Waals surface area contributed by atoms with Gasteiger partial charge in [0.15, 0.2) is 0 Å². The Hall–Kier alpha value is -0.600. The minimum atomic E-state index is -0.154. The first-order valence-electron chi connectivity index (χ1n) is 7.73. The largest absolute Gasteiger partial charge is 0.314 e. The second-order valence-corrected chi connectivity index (χ2v) is 6.74. The highest BCUT2D eigenvalue weighted by atomic mass is 35.5. The van der Waals surface area contributed by atoms with Gasteiger partial charge in [-0.05, 0) is 55.3 Å². The zero-order valence-electron chi connectivity index (χ0n) is 12.5. The zero-order valence-corrected chi connectivity index (χ0v) is 13.2. The maximum atomic E-state index is 13.9. The average Bonchev–Trinajstić information content (AvgIpc) is 2.41. The Morgan fingerprint density at radius 3 is 2.60 bits per heavy atom. The fraction of sp³-hybridized carbons (Fsp3) is 0.647. The Bertz CT molecular complexity index is 433. The van der Waals surface area contributed by atoms with Crippen LogP contribution in [-0.2, 0) is 6.42 Å². The van der Waals surface area contributed by atoms with E-state index in [-0.39, 0.29) is 5.82 Å². The Morgan fingerprint density at radius 2 is 1.95 bits per heavy atom. The van der Waals surface area contributed by atoms with Gasteiger partial charge < -0.3 is 5.32 Å². The molecule has 20 heavy (non-hydrogen) atoms. The minimum absolute atomic E-state index is 0.154. The van der Waals surface area contributed by atoms with E-state index >= 15 is 0 Å². The van der Waals surface area contributed by atoms with Gasteiger partial charge in [0.05, 0.1) is 0 Å². The predicted octanol–water partition coefficient (Wildman–Crippen LogP) is 4.83. The molecule has 2 atom stereocenters. The van der Waals surface area contributed by atoms with Crippen molar-refractivity contribution in [3.05, 3.63) is 34.6 Å². The number of hydrogen-bond acceptors (Lipinski definition) is 1. The van der Waals surface area contributed by atoms with E-state index in [1.54, 1.807) is 6.07 Å². The Balaban J connectivity index is 2.00. The van der Waals surface area contributed by atoms with Crippen LogP contribution in [0.25, 0.3) is 0 Å². The number of benzene rings is 1. The summed E-state index contributed by atoms with van der Waals surface area (Å²) in [5.41, 5.74) is 0.816. The molecule has 0 spiro atoms. The smallest absolute Gasteiger partial charge is 0.127 e. The fourth-order valence-electron chi connectivity index (χ4n) is 3.18. The Kier molecular flexibility index (Phi) is 5.86. The van der Waals surface area contributed by atoms with Crippen molar-refractivity contribution < 1.29 is 4.39 Å². The summed E-state index contributed by atoms with van der Waals surface area (Å²) in [5, 5.41) is 4.02. The van der Waals surface area contributed by atoms with E-state index in [2.05, 4.69) is 19.2 Å². The van der Waals surface area contributed by atoms with E-state index in [1.807, 2.05) is 6.07 Å². The Labute approximate surface area is 126 Å².